The van der Waals surface area contributed by atoms with Crippen LogP contribution in [0.1, 0.15) is 25.3 Å². The molecule has 1 aromatic rings. The number of benzene rings is 1. The van der Waals surface area contributed by atoms with Crippen LogP contribution in [0.15, 0.2) is 29.2 Å². The molecule has 0 aromatic heterocycles. The van der Waals surface area contributed by atoms with E-state index in [0.29, 0.717) is 11.4 Å². The lowest BCUT2D eigenvalue weighted by atomic mass is 9.95. The summed E-state index contributed by atoms with van der Waals surface area (Å²) in [6, 6.07) is 5.42. The van der Waals surface area contributed by atoms with Crippen molar-refractivity contribution >= 4 is 11.8 Å². The predicted octanol–water partition coefficient (Wildman–Crippen LogP) is 3.64. The Bertz CT molecular complexity index is 476. The topological polar surface area (TPSA) is 23.5 Å². The van der Waals surface area contributed by atoms with Gasteiger partial charge in [0.25, 0.3) is 0 Å². The second-order valence-electron chi connectivity index (χ2n) is 5.75. The third-order valence-electron chi connectivity index (χ3n) is 3.59. The Morgan fingerprint density at radius 2 is 2.14 bits per heavy atom. The summed E-state index contributed by atoms with van der Waals surface area (Å²) in [5.74, 6) is 0.720. The molecule has 1 unspecified atom stereocenters. The van der Waals surface area contributed by atoms with Crippen molar-refractivity contribution in [1.82, 2.24) is 4.90 Å². The molecule has 118 valence electrons. The summed E-state index contributed by atoms with van der Waals surface area (Å²) < 4.78 is 37.9. The van der Waals surface area contributed by atoms with Crippen molar-refractivity contribution in [1.29, 1.82) is 0 Å². The van der Waals surface area contributed by atoms with Crippen molar-refractivity contribution in [3.8, 4) is 0 Å². The SMILES string of the molecule is CC1(O)CCCN(CCSc2cccc(C(F)(F)F)c2)C1. The zero-order valence-corrected chi connectivity index (χ0v) is 12.8. The Hall–Kier alpha value is -0.720. The molecule has 1 fully saturated rings. The normalized spacial score (nSPS) is 24.2. The smallest absolute Gasteiger partial charge is 0.389 e. The van der Waals surface area contributed by atoms with E-state index in [1.54, 1.807) is 6.07 Å². The van der Waals surface area contributed by atoms with Crippen molar-refractivity contribution in [2.45, 2.75) is 36.4 Å². The monoisotopic (exact) mass is 319 g/mol. The van der Waals surface area contributed by atoms with Gasteiger partial charge in [-0.1, -0.05) is 6.07 Å². The maximum atomic E-state index is 12.6. The summed E-state index contributed by atoms with van der Waals surface area (Å²) in [6.07, 6.45) is -2.52. The number of likely N-dealkylation sites (tertiary alicyclic amines) is 1. The number of alkyl halides is 3. The Morgan fingerprint density at radius 3 is 2.81 bits per heavy atom. The van der Waals surface area contributed by atoms with E-state index in [9.17, 15) is 18.3 Å². The van der Waals surface area contributed by atoms with E-state index in [2.05, 4.69) is 4.90 Å². The molecule has 0 aliphatic carbocycles. The molecule has 1 aliphatic rings. The second kappa shape index (κ2) is 6.58. The Kier molecular flexibility index (Phi) is 5.22. The molecular weight excluding hydrogens is 299 g/mol. The summed E-state index contributed by atoms with van der Waals surface area (Å²) in [6.45, 7) is 4.19. The molecule has 1 atom stereocenters. The second-order valence-corrected chi connectivity index (χ2v) is 6.92. The molecule has 2 rings (SSSR count). The molecule has 0 bridgehead atoms. The van der Waals surface area contributed by atoms with Crippen LogP contribution in [0, 0.1) is 0 Å². The first-order valence-corrected chi connectivity index (χ1v) is 8.00. The first-order chi connectivity index (χ1) is 9.76. The van der Waals surface area contributed by atoms with Gasteiger partial charge >= 0.3 is 6.18 Å². The number of hydrogen-bond donors (Lipinski definition) is 1. The minimum atomic E-state index is -4.29. The molecule has 1 saturated heterocycles. The van der Waals surface area contributed by atoms with Crippen LogP contribution in [-0.2, 0) is 6.18 Å². The third kappa shape index (κ3) is 5.20. The minimum Gasteiger partial charge on any atom is -0.389 e. The molecule has 1 N–H and O–H groups in total. The first-order valence-electron chi connectivity index (χ1n) is 7.01. The summed E-state index contributed by atoms with van der Waals surface area (Å²) in [5, 5.41) is 10.0. The Morgan fingerprint density at radius 1 is 1.38 bits per heavy atom. The van der Waals surface area contributed by atoms with E-state index >= 15 is 0 Å². The molecule has 1 heterocycles. The lowest BCUT2D eigenvalue weighted by Gasteiger charge is -2.36. The van der Waals surface area contributed by atoms with Crippen LogP contribution in [0.5, 0.6) is 0 Å². The summed E-state index contributed by atoms with van der Waals surface area (Å²) in [5.41, 5.74) is -1.24. The molecule has 6 heteroatoms. The van der Waals surface area contributed by atoms with Gasteiger partial charge < -0.3 is 5.11 Å². The zero-order chi connectivity index (χ0) is 15.5. The molecular formula is C15H20F3NOS. The van der Waals surface area contributed by atoms with Crippen molar-refractivity contribution in [3.05, 3.63) is 29.8 Å². The molecule has 0 spiro atoms. The van der Waals surface area contributed by atoms with Crippen LogP contribution in [-0.4, -0.2) is 41.0 Å². The fourth-order valence-electron chi connectivity index (χ4n) is 2.57. The van der Waals surface area contributed by atoms with Gasteiger partial charge in [0.15, 0.2) is 0 Å². The number of piperidine rings is 1. The van der Waals surface area contributed by atoms with Crippen LogP contribution in [0.2, 0.25) is 0 Å². The van der Waals surface area contributed by atoms with E-state index in [0.717, 1.165) is 37.8 Å². The first kappa shape index (κ1) is 16.6. The summed E-state index contributed by atoms with van der Waals surface area (Å²) in [7, 11) is 0. The summed E-state index contributed by atoms with van der Waals surface area (Å²) >= 11 is 1.42. The fourth-order valence-corrected chi connectivity index (χ4v) is 3.54. The van der Waals surface area contributed by atoms with Gasteiger partial charge in [-0.15, -0.1) is 11.8 Å². The van der Waals surface area contributed by atoms with Gasteiger partial charge in [-0.3, -0.25) is 4.90 Å². The third-order valence-corrected chi connectivity index (χ3v) is 4.57. The van der Waals surface area contributed by atoms with Crippen LogP contribution in [0.25, 0.3) is 0 Å². The number of β-amino-alcohol motifs (C(OH)–C–C–N with tert-alkyl or cyclic N) is 1. The predicted molar refractivity (Wildman–Crippen MR) is 78.5 cm³/mol. The number of hydrogen-bond acceptors (Lipinski definition) is 3. The molecule has 1 aliphatic heterocycles. The van der Waals surface area contributed by atoms with Crippen molar-refractivity contribution in [3.63, 3.8) is 0 Å². The van der Waals surface area contributed by atoms with E-state index in [1.165, 1.54) is 23.9 Å². The average Bonchev–Trinajstić information content (AvgIpc) is 2.37. The Labute approximate surface area is 127 Å². The minimum absolute atomic E-state index is 0.603. The molecule has 0 radical (unpaired) electrons. The largest absolute Gasteiger partial charge is 0.416 e. The zero-order valence-electron chi connectivity index (χ0n) is 12.0. The van der Waals surface area contributed by atoms with E-state index in [-0.39, 0.29) is 0 Å². The molecule has 2 nitrogen and oxygen atoms in total. The number of nitrogens with zero attached hydrogens (tertiary/aromatic N) is 1. The quantitative estimate of drug-likeness (QED) is 0.857. The van der Waals surface area contributed by atoms with Gasteiger partial charge in [-0.05, 0) is 44.5 Å². The highest BCUT2D eigenvalue weighted by molar-refractivity contribution is 7.99. The van der Waals surface area contributed by atoms with Crippen LogP contribution in [0.3, 0.4) is 0 Å². The van der Waals surface area contributed by atoms with Crippen molar-refractivity contribution < 1.29 is 18.3 Å². The fraction of sp³-hybridized carbons (Fsp3) is 0.600. The van der Waals surface area contributed by atoms with Crippen molar-refractivity contribution in [2.24, 2.45) is 0 Å². The number of rotatable bonds is 4. The lowest BCUT2D eigenvalue weighted by Crippen LogP contribution is -2.46. The number of aliphatic hydroxyl groups is 1. The van der Waals surface area contributed by atoms with Crippen LogP contribution >= 0.6 is 11.8 Å². The lowest BCUT2D eigenvalue weighted by molar-refractivity contribution is -0.137. The van der Waals surface area contributed by atoms with Gasteiger partial charge in [0.2, 0.25) is 0 Å². The molecule has 0 saturated carbocycles. The maximum absolute atomic E-state index is 12.6. The van der Waals surface area contributed by atoms with Gasteiger partial charge in [0.1, 0.15) is 0 Å². The Balaban J connectivity index is 1.84. The standard InChI is InChI=1S/C15H20F3NOS/c1-14(20)6-3-7-19(11-14)8-9-21-13-5-2-4-12(10-13)15(16,17)18/h2,4-5,10,20H,3,6-9,11H2,1H3. The van der Waals surface area contributed by atoms with E-state index in [1.807, 2.05) is 6.92 Å². The summed E-state index contributed by atoms with van der Waals surface area (Å²) in [4.78, 5) is 2.80. The van der Waals surface area contributed by atoms with Gasteiger partial charge in [0.05, 0.1) is 11.2 Å². The highest BCUT2D eigenvalue weighted by Gasteiger charge is 2.30. The van der Waals surface area contributed by atoms with Gasteiger partial charge in [-0.25, -0.2) is 0 Å². The van der Waals surface area contributed by atoms with E-state index in [4.69, 9.17) is 0 Å². The highest BCUT2D eigenvalue weighted by Crippen LogP contribution is 2.32. The molecule has 0 amide bonds. The maximum Gasteiger partial charge on any atom is 0.416 e. The highest BCUT2D eigenvalue weighted by atomic mass is 32.2. The van der Waals surface area contributed by atoms with Crippen LogP contribution in [0.4, 0.5) is 13.2 Å². The van der Waals surface area contributed by atoms with Crippen LogP contribution < -0.4 is 0 Å². The number of thioether (sulfide) groups is 1. The van der Waals surface area contributed by atoms with E-state index < -0.39 is 17.3 Å². The van der Waals surface area contributed by atoms with Gasteiger partial charge in [-0.2, -0.15) is 13.2 Å². The van der Waals surface area contributed by atoms with Crippen molar-refractivity contribution in [2.75, 3.05) is 25.4 Å². The average molecular weight is 319 g/mol. The molecule has 21 heavy (non-hydrogen) atoms. The number of halogens is 3. The van der Waals surface area contributed by atoms with Gasteiger partial charge in [0, 0.05) is 23.7 Å². The molecule has 1 aromatic carbocycles.